The van der Waals surface area contributed by atoms with Crippen molar-refractivity contribution in [1.82, 2.24) is 10.6 Å². The van der Waals surface area contributed by atoms with E-state index in [1.54, 1.807) is 0 Å². The number of carbonyl (C=O) groups excluding carboxylic acids is 1. The number of carbonyl (C=O) groups is 1. The van der Waals surface area contributed by atoms with Crippen LogP contribution in [0.3, 0.4) is 0 Å². The number of ether oxygens (including phenoxy) is 1. The molecule has 2 rings (SSSR count). The van der Waals surface area contributed by atoms with Crippen molar-refractivity contribution in [2.75, 3.05) is 26.3 Å². The summed E-state index contributed by atoms with van der Waals surface area (Å²) in [5.41, 5.74) is 0. The molecule has 2 N–H and O–H groups in total. The smallest absolute Gasteiger partial charge is 0.237 e. The molecule has 0 radical (unpaired) electrons. The molecule has 5 heteroatoms. The summed E-state index contributed by atoms with van der Waals surface area (Å²) < 4.78 is 5.39. The Morgan fingerprint density at radius 1 is 1.29 bits per heavy atom. The molecule has 17 heavy (non-hydrogen) atoms. The van der Waals surface area contributed by atoms with E-state index in [-0.39, 0.29) is 24.4 Å². The number of hydrogen-bond acceptors (Lipinski definition) is 3. The summed E-state index contributed by atoms with van der Waals surface area (Å²) in [5.74, 6) is 0.687. The average Bonchev–Trinajstić information content (AvgIpc) is 2.38. The molecule has 0 saturated carbocycles. The highest BCUT2D eigenvalue weighted by atomic mass is 35.5. The summed E-state index contributed by atoms with van der Waals surface area (Å²) in [5, 5.41) is 6.30. The van der Waals surface area contributed by atoms with Crippen LogP contribution >= 0.6 is 12.4 Å². The highest BCUT2D eigenvalue weighted by Gasteiger charge is 2.21. The van der Waals surface area contributed by atoms with Crippen LogP contribution < -0.4 is 10.6 Å². The van der Waals surface area contributed by atoms with E-state index in [0.717, 1.165) is 45.6 Å². The Morgan fingerprint density at radius 3 is 2.82 bits per heavy atom. The SMILES string of the molecule is Cl.O=C(NCC1CCCOC1)C1CCCCN1. The lowest BCUT2D eigenvalue weighted by atomic mass is 10.0. The van der Waals surface area contributed by atoms with Gasteiger partial charge >= 0.3 is 0 Å². The van der Waals surface area contributed by atoms with Crippen molar-refractivity contribution in [3.8, 4) is 0 Å². The van der Waals surface area contributed by atoms with Gasteiger partial charge in [0.05, 0.1) is 12.6 Å². The predicted octanol–water partition coefficient (Wildman–Crippen LogP) is 1.09. The second-order valence-corrected chi connectivity index (χ2v) is 4.83. The van der Waals surface area contributed by atoms with Gasteiger partial charge in [0.25, 0.3) is 0 Å². The van der Waals surface area contributed by atoms with Crippen LogP contribution in [-0.4, -0.2) is 38.3 Å². The van der Waals surface area contributed by atoms with Crippen molar-refractivity contribution in [1.29, 1.82) is 0 Å². The molecule has 0 aromatic carbocycles. The fourth-order valence-electron chi connectivity index (χ4n) is 2.41. The molecular weight excluding hydrogens is 240 g/mol. The predicted molar refractivity (Wildman–Crippen MR) is 69.4 cm³/mol. The number of halogens is 1. The van der Waals surface area contributed by atoms with E-state index in [2.05, 4.69) is 10.6 Å². The lowest BCUT2D eigenvalue weighted by Crippen LogP contribution is -2.48. The molecule has 2 fully saturated rings. The van der Waals surface area contributed by atoms with E-state index >= 15 is 0 Å². The van der Waals surface area contributed by atoms with E-state index < -0.39 is 0 Å². The van der Waals surface area contributed by atoms with E-state index in [4.69, 9.17) is 4.74 Å². The normalized spacial score (nSPS) is 29.2. The highest BCUT2D eigenvalue weighted by Crippen LogP contribution is 2.12. The van der Waals surface area contributed by atoms with Crippen molar-refractivity contribution in [3.63, 3.8) is 0 Å². The van der Waals surface area contributed by atoms with Crippen LogP contribution in [0, 0.1) is 5.92 Å². The van der Waals surface area contributed by atoms with Gasteiger partial charge in [0.15, 0.2) is 0 Å². The first-order valence-corrected chi connectivity index (χ1v) is 6.45. The maximum absolute atomic E-state index is 11.8. The van der Waals surface area contributed by atoms with Crippen LogP contribution in [0.25, 0.3) is 0 Å². The first kappa shape index (κ1) is 14.7. The number of nitrogens with one attached hydrogen (secondary N) is 2. The number of piperidine rings is 1. The van der Waals surface area contributed by atoms with E-state index in [1.165, 1.54) is 12.8 Å². The second-order valence-electron chi connectivity index (χ2n) is 4.83. The van der Waals surface area contributed by atoms with Gasteiger partial charge in [-0.25, -0.2) is 0 Å². The van der Waals surface area contributed by atoms with Gasteiger partial charge in [-0.3, -0.25) is 4.79 Å². The molecule has 0 spiro atoms. The van der Waals surface area contributed by atoms with Crippen LogP contribution in [0.15, 0.2) is 0 Å². The van der Waals surface area contributed by atoms with Crippen molar-refractivity contribution in [3.05, 3.63) is 0 Å². The summed E-state index contributed by atoms with van der Waals surface area (Å²) in [4.78, 5) is 11.8. The van der Waals surface area contributed by atoms with Gasteiger partial charge in [-0.15, -0.1) is 12.4 Å². The Balaban J connectivity index is 0.00000144. The minimum Gasteiger partial charge on any atom is -0.381 e. The lowest BCUT2D eigenvalue weighted by molar-refractivity contribution is -0.124. The number of hydrogen-bond donors (Lipinski definition) is 2. The Hall–Kier alpha value is -0.320. The Bertz CT molecular complexity index is 227. The minimum absolute atomic E-state index is 0. The molecule has 0 bridgehead atoms. The summed E-state index contributed by atoms with van der Waals surface area (Å²) in [6.07, 6.45) is 5.64. The zero-order valence-corrected chi connectivity index (χ0v) is 11.1. The third-order valence-electron chi connectivity index (χ3n) is 3.45. The number of amides is 1. The van der Waals surface area contributed by atoms with Crippen molar-refractivity contribution in [2.45, 2.75) is 38.1 Å². The molecule has 2 atom stereocenters. The maximum atomic E-state index is 11.8. The maximum Gasteiger partial charge on any atom is 0.237 e. The molecule has 0 aromatic rings. The number of rotatable bonds is 3. The molecule has 100 valence electrons. The monoisotopic (exact) mass is 262 g/mol. The van der Waals surface area contributed by atoms with Crippen LogP contribution in [-0.2, 0) is 9.53 Å². The molecule has 2 heterocycles. The molecule has 2 aliphatic rings. The lowest BCUT2D eigenvalue weighted by Gasteiger charge is -2.25. The highest BCUT2D eigenvalue weighted by molar-refractivity contribution is 5.85. The average molecular weight is 263 g/mol. The van der Waals surface area contributed by atoms with Crippen LogP contribution in [0.5, 0.6) is 0 Å². The van der Waals surface area contributed by atoms with E-state index in [0.29, 0.717) is 5.92 Å². The quantitative estimate of drug-likeness (QED) is 0.801. The summed E-state index contributed by atoms with van der Waals surface area (Å²) in [6, 6.07) is 0.0401. The molecule has 2 aliphatic heterocycles. The third-order valence-corrected chi connectivity index (χ3v) is 3.45. The molecule has 2 saturated heterocycles. The first-order chi connectivity index (χ1) is 7.86. The molecule has 2 unspecified atom stereocenters. The summed E-state index contributed by atoms with van der Waals surface area (Å²) in [6.45, 7) is 3.44. The van der Waals surface area contributed by atoms with Gasteiger partial charge < -0.3 is 15.4 Å². The molecular formula is C12H23ClN2O2. The topological polar surface area (TPSA) is 50.4 Å². The molecule has 0 aromatic heterocycles. The minimum atomic E-state index is 0. The fourth-order valence-corrected chi connectivity index (χ4v) is 2.41. The van der Waals surface area contributed by atoms with Crippen molar-refractivity contribution >= 4 is 18.3 Å². The van der Waals surface area contributed by atoms with E-state index in [1.807, 2.05) is 0 Å². The molecule has 1 amide bonds. The Morgan fingerprint density at radius 2 is 2.18 bits per heavy atom. The first-order valence-electron chi connectivity index (χ1n) is 6.45. The zero-order valence-electron chi connectivity index (χ0n) is 10.2. The second kappa shape index (κ2) is 7.90. The van der Waals surface area contributed by atoms with Gasteiger partial charge in [-0.2, -0.15) is 0 Å². The van der Waals surface area contributed by atoms with Gasteiger partial charge in [-0.1, -0.05) is 6.42 Å². The van der Waals surface area contributed by atoms with Gasteiger partial charge in [0.2, 0.25) is 5.91 Å². The van der Waals surface area contributed by atoms with E-state index in [9.17, 15) is 4.79 Å². The van der Waals surface area contributed by atoms with Gasteiger partial charge in [-0.05, 0) is 38.1 Å². The van der Waals surface area contributed by atoms with Gasteiger partial charge in [0.1, 0.15) is 0 Å². The van der Waals surface area contributed by atoms with Crippen LogP contribution in [0.2, 0.25) is 0 Å². The van der Waals surface area contributed by atoms with Crippen LogP contribution in [0.1, 0.15) is 32.1 Å². The summed E-state index contributed by atoms with van der Waals surface area (Å²) >= 11 is 0. The molecule has 0 aliphatic carbocycles. The standard InChI is InChI=1S/C12H22N2O2.ClH/c15-12(11-5-1-2-6-13-11)14-8-10-4-3-7-16-9-10;/h10-11,13H,1-9H2,(H,14,15);1H. The Labute approximate surface area is 109 Å². The summed E-state index contributed by atoms with van der Waals surface area (Å²) in [7, 11) is 0. The van der Waals surface area contributed by atoms with Crippen molar-refractivity contribution < 1.29 is 9.53 Å². The Kier molecular flexibility index (Phi) is 6.85. The van der Waals surface area contributed by atoms with Crippen molar-refractivity contribution in [2.24, 2.45) is 5.92 Å². The van der Waals surface area contributed by atoms with Gasteiger partial charge in [0, 0.05) is 13.2 Å². The van der Waals surface area contributed by atoms with Crippen LogP contribution in [0.4, 0.5) is 0 Å². The fraction of sp³-hybridized carbons (Fsp3) is 0.917. The molecule has 4 nitrogen and oxygen atoms in total. The largest absolute Gasteiger partial charge is 0.381 e. The zero-order chi connectivity index (χ0) is 11.2. The third kappa shape index (κ3) is 4.82.